The zero-order valence-corrected chi connectivity index (χ0v) is 14.2. The minimum atomic E-state index is -0.681. The number of H-pyrrole nitrogens is 1. The highest BCUT2D eigenvalue weighted by Gasteiger charge is 2.14. The first kappa shape index (κ1) is 16.9. The number of nitrogens with one attached hydrogen (secondary N) is 1. The predicted molar refractivity (Wildman–Crippen MR) is 97.4 cm³/mol. The molecule has 1 heterocycles. The van der Waals surface area contributed by atoms with Crippen molar-refractivity contribution in [1.82, 2.24) is 9.97 Å². The van der Waals surface area contributed by atoms with Gasteiger partial charge in [0.15, 0.2) is 11.9 Å². The van der Waals surface area contributed by atoms with Crippen LogP contribution in [0.1, 0.15) is 24.4 Å². The quantitative estimate of drug-likeness (QED) is 0.569. The molecule has 0 radical (unpaired) electrons. The van der Waals surface area contributed by atoms with Gasteiger partial charge in [-0.2, -0.15) is 0 Å². The Kier molecular flexibility index (Phi) is 4.95. The monoisotopic (exact) mass is 354 g/mol. The molecule has 1 aromatic heterocycles. The van der Waals surface area contributed by atoms with E-state index in [1.165, 1.54) is 6.08 Å². The molecule has 0 unspecified atom stereocenters. The fourth-order valence-corrected chi connectivity index (χ4v) is 2.43. The van der Waals surface area contributed by atoms with Gasteiger partial charge in [-0.3, -0.25) is 4.79 Å². The van der Waals surface area contributed by atoms with Crippen molar-refractivity contribution >= 4 is 34.5 Å². The number of aromatic nitrogens is 2. The second-order valence-electron chi connectivity index (χ2n) is 5.43. The van der Waals surface area contributed by atoms with Crippen LogP contribution in [0, 0.1) is 0 Å². The van der Waals surface area contributed by atoms with Crippen molar-refractivity contribution in [3.63, 3.8) is 0 Å². The summed E-state index contributed by atoms with van der Waals surface area (Å²) < 4.78 is 5.30. The Balaban J connectivity index is 1.73. The maximum atomic E-state index is 12.1. The molecule has 5 nitrogen and oxygen atoms in total. The molecule has 0 saturated heterocycles. The Labute approximate surface area is 148 Å². The molecule has 3 aromatic rings. The van der Waals surface area contributed by atoms with Gasteiger partial charge in [0.1, 0.15) is 0 Å². The van der Waals surface area contributed by atoms with E-state index in [2.05, 4.69) is 9.97 Å². The third-order valence-electron chi connectivity index (χ3n) is 3.59. The van der Waals surface area contributed by atoms with E-state index in [-0.39, 0.29) is 5.56 Å². The minimum Gasteiger partial charge on any atom is -0.451 e. The van der Waals surface area contributed by atoms with Gasteiger partial charge in [-0.25, -0.2) is 9.78 Å². The van der Waals surface area contributed by atoms with Crippen LogP contribution < -0.4 is 5.56 Å². The molecule has 126 valence electrons. The fourth-order valence-electron chi connectivity index (χ4n) is 2.30. The average Bonchev–Trinajstić information content (AvgIpc) is 2.61. The molecule has 1 N–H and O–H groups in total. The van der Waals surface area contributed by atoms with Crippen LogP contribution in [-0.4, -0.2) is 15.9 Å². The largest absolute Gasteiger partial charge is 0.451 e. The first-order valence-electron chi connectivity index (χ1n) is 7.66. The maximum absolute atomic E-state index is 12.1. The number of benzene rings is 2. The van der Waals surface area contributed by atoms with Gasteiger partial charge >= 0.3 is 5.97 Å². The van der Waals surface area contributed by atoms with Crippen molar-refractivity contribution in [2.24, 2.45) is 0 Å². The molecule has 0 spiro atoms. The molecule has 0 amide bonds. The van der Waals surface area contributed by atoms with Gasteiger partial charge in [0, 0.05) is 11.1 Å². The summed E-state index contributed by atoms with van der Waals surface area (Å²) in [5, 5.41) is 1.12. The van der Waals surface area contributed by atoms with Crippen molar-refractivity contribution in [3.8, 4) is 0 Å². The Hall–Kier alpha value is -2.92. The van der Waals surface area contributed by atoms with E-state index in [0.717, 1.165) is 5.56 Å². The average molecular weight is 355 g/mol. The summed E-state index contributed by atoms with van der Waals surface area (Å²) in [5.74, 6) is -0.227. The summed E-state index contributed by atoms with van der Waals surface area (Å²) in [7, 11) is 0. The van der Waals surface area contributed by atoms with Crippen LogP contribution in [0.4, 0.5) is 0 Å². The van der Waals surface area contributed by atoms with Gasteiger partial charge in [-0.1, -0.05) is 35.9 Å². The van der Waals surface area contributed by atoms with Crippen LogP contribution >= 0.6 is 11.6 Å². The van der Waals surface area contributed by atoms with E-state index in [0.29, 0.717) is 21.7 Å². The van der Waals surface area contributed by atoms with Crippen LogP contribution in [0.3, 0.4) is 0 Å². The Morgan fingerprint density at radius 1 is 1.20 bits per heavy atom. The number of halogens is 1. The molecule has 6 heteroatoms. The first-order valence-corrected chi connectivity index (χ1v) is 8.04. The zero-order chi connectivity index (χ0) is 17.8. The molecule has 0 fully saturated rings. The maximum Gasteiger partial charge on any atom is 0.331 e. The third-order valence-corrected chi connectivity index (χ3v) is 3.84. The van der Waals surface area contributed by atoms with E-state index in [1.807, 2.05) is 0 Å². The highest BCUT2D eigenvalue weighted by Crippen LogP contribution is 2.15. The van der Waals surface area contributed by atoms with E-state index >= 15 is 0 Å². The minimum absolute atomic E-state index is 0.264. The van der Waals surface area contributed by atoms with E-state index in [1.54, 1.807) is 61.5 Å². The lowest BCUT2D eigenvalue weighted by Gasteiger charge is -2.11. The van der Waals surface area contributed by atoms with Crippen LogP contribution in [-0.2, 0) is 9.53 Å². The second kappa shape index (κ2) is 7.32. The fraction of sp³-hybridized carbons (Fsp3) is 0.105. The summed E-state index contributed by atoms with van der Waals surface area (Å²) in [6.45, 7) is 1.65. The summed E-state index contributed by atoms with van der Waals surface area (Å²) in [6.07, 6.45) is 2.26. The Bertz CT molecular complexity index is 993. The standard InChI is InChI=1S/C19H15ClN2O3/c1-12(18-21-16-5-3-2-4-15(16)19(24)22-18)25-17(23)11-8-13-6-9-14(20)10-7-13/h2-12H,1H3,(H,21,22,24)/b11-8+/t12-/m0/s1. The lowest BCUT2D eigenvalue weighted by molar-refractivity contribution is -0.142. The number of carbonyl (C=O) groups is 1. The van der Waals surface area contributed by atoms with Gasteiger partial charge in [-0.05, 0) is 42.8 Å². The second-order valence-corrected chi connectivity index (χ2v) is 5.87. The van der Waals surface area contributed by atoms with Gasteiger partial charge in [0.25, 0.3) is 5.56 Å². The van der Waals surface area contributed by atoms with Crippen molar-refractivity contribution < 1.29 is 9.53 Å². The lowest BCUT2D eigenvalue weighted by atomic mass is 10.2. The van der Waals surface area contributed by atoms with Crippen molar-refractivity contribution in [1.29, 1.82) is 0 Å². The van der Waals surface area contributed by atoms with E-state index in [9.17, 15) is 9.59 Å². The van der Waals surface area contributed by atoms with Gasteiger partial charge in [-0.15, -0.1) is 0 Å². The third kappa shape index (κ3) is 4.14. The molecule has 0 aliphatic carbocycles. The number of nitrogens with zero attached hydrogens (tertiary/aromatic N) is 1. The molecule has 1 atom stereocenters. The number of hydrogen-bond donors (Lipinski definition) is 1. The molecule has 2 aromatic carbocycles. The van der Waals surface area contributed by atoms with E-state index < -0.39 is 12.1 Å². The number of para-hydroxylation sites is 1. The Morgan fingerprint density at radius 3 is 2.68 bits per heavy atom. The molecule has 0 aliphatic heterocycles. The molecule has 25 heavy (non-hydrogen) atoms. The van der Waals surface area contributed by atoms with Crippen LogP contribution in [0.25, 0.3) is 17.0 Å². The number of esters is 1. The predicted octanol–water partition coefficient (Wildman–Crippen LogP) is 3.89. The van der Waals surface area contributed by atoms with Crippen molar-refractivity contribution in [2.75, 3.05) is 0 Å². The number of ether oxygens (including phenoxy) is 1. The van der Waals surface area contributed by atoms with Crippen LogP contribution in [0.5, 0.6) is 0 Å². The van der Waals surface area contributed by atoms with Gasteiger partial charge in [0.05, 0.1) is 10.9 Å². The summed E-state index contributed by atoms with van der Waals surface area (Å²) in [6, 6.07) is 14.0. The number of carbonyl (C=O) groups excluding carboxylic acids is 1. The summed E-state index contributed by atoms with van der Waals surface area (Å²) in [4.78, 5) is 31.0. The zero-order valence-electron chi connectivity index (χ0n) is 13.4. The smallest absolute Gasteiger partial charge is 0.331 e. The number of rotatable bonds is 4. The molecule has 0 saturated carbocycles. The number of fused-ring (bicyclic) bond motifs is 1. The lowest BCUT2D eigenvalue weighted by Crippen LogP contribution is -2.16. The molecule has 0 aliphatic rings. The van der Waals surface area contributed by atoms with Gasteiger partial charge in [0.2, 0.25) is 0 Å². The number of aromatic amines is 1. The first-order chi connectivity index (χ1) is 12.0. The van der Waals surface area contributed by atoms with Crippen LogP contribution in [0.2, 0.25) is 5.02 Å². The highest BCUT2D eigenvalue weighted by molar-refractivity contribution is 6.30. The summed E-state index contributed by atoms with van der Waals surface area (Å²) in [5.41, 5.74) is 1.12. The topological polar surface area (TPSA) is 72.0 Å². The molecule has 0 bridgehead atoms. The highest BCUT2D eigenvalue weighted by atomic mass is 35.5. The molecule has 3 rings (SSSR count). The van der Waals surface area contributed by atoms with Crippen molar-refractivity contribution in [3.05, 3.63) is 81.4 Å². The van der Waals surface area contributed by atoms with Crippen molar-refractivity contribution in [2.45, 2.75) is 13.0 Å². The van der Waals surface area contributed by atoms with Gasteiger partial charge < -0.3 is 9.72 Å². The van der Waals surface area contributed by atoms with E-state index in [4.69, 9.17) is 16.3 Å². The van der Waals surface area contributed by atoms with Crippen LogP contribution in [0.15, 0.2) is 59.4 Å². The normalized spacial score (nSPS) is 12.4. The number of hydrogen-bond acceptors (Lipinski definition) is 4. The Morgan fingerprint density at radius 2 is 1.92 bits per heavy atom. The summed E-state index contributed by atoms with van der Waals surface area (Å²) >= 11 is 5.81. The SMILES string of the molecule is C[C@H](OC(=O)/C=C/c1ccc(Cl)cc1)c1nc2ccccc2c(=O)[nH]1. The molecular formula is C19H15ClN2O3. The molecular weight excluding hydrogens is 340 g/mol.